The highest BCUT2D eigenvalue weighted by atomic mass is 32.2. The van der Waals surface area contributed by atoms with Crippen LogP contribution in [0.4, 0.5) is 11.4 Å². The largest absolute Gasteiger partial charge is 0.495 e. The molecule has 8 heteroatoms. The maximum absolute atomic E-state index is 12.8. The van der Waals surface area contributed by atoms with Gasteiger partial charge in [0.05, 0.1) is 23.6 Å². The van der Waals surface area contributed by atoms with Crippen molar-refractivity contribution in [2.45, 2.75) is 17.7 Å². The quantitative estimate of drug-likeness (QED) is 0.764. The lowest BCUT2D eigenvalue weighted by Crippen LogP contribution is -2.43. The Morgan fingerprint density at radius 1 is 1.22 bits per heavy atom. The minimum Gasteiger partial charge on any atom is -0.495 e. The van der Waals surface area contributed by atoms with Gasteiger partial charge in [-0.2, -0.15) is 4.31 Å². The maximum Gasteiger partial charge on any atom is 0.243 e. The van der Waals surface area contributed by atoms with Crippen LogP contribution < -0.4 is 15.8 Å². The number of hydrogen-bond acceptors (Lipinski definition) is 5. The molecule has 1 fully saturated rings. The first kappa shape index (κ1) is 19.2. The number of methoxy groups -OCH3 is 1. The summed E-state index contributed by atoms with van der Waals surface area (Å²) in [7, 11) is -2.08. The van der Waals surface area contributed by atoms with Crippen molar-refractivity contribution in [3.8, 4) is 5.75 Å². The zero-order chi connectivity index (χ0) is 19.4. The average Bonchev–Trinajstić information content (AvgIpc) is 2.69. The molecule has 1 amide bonds. The van der Waals surface area contributed by atoms with Crippen LogP contribution in [0.3, 0.4) is 0 Å². The number of carbonyl (C=O) groups is 1. The summed E-state index contributed by atoms with van der Waals surface area (Å²) < 4.78 is 32.1. The fourth-order valence-electron chi connectivity index (χ4n) is 3.17. The smallest absolute Gasteiger partial charge is 0.243 e. The van der Waals surface area contributed by atoms with E-state index < -0.39 is 15.9 Å². The number of amides is 1. The van der Waals surface area contributed by atoms with E-state index in [1.165, 1.54) is 11.4 Å². The Bertz CT molecular complexity index is 916. The number of anilines is 2. The number of nitrogens with one attached hydrogen (secondary N) is 1. The molecule has 0 radical (unpaired) electrons. The van der Waals surface area contributed by atoms with Gasteiger partial charge in [0, 0.05) is 18.8 Å². The molecule has 1 aliphatic heterocycles. The van der Waals surface area contributed by atoms with Gasteiger partial charge in [0.15, 0.2) is 0 Å². The second-order valence-corrected chi connectivity index (χ2v) is 8.40. The van der Waals surface area contributed by atoms with Crippen molar-refractivity contribution in [3.63, 3.8) is 0 Å². The molecule has 2 aromatic rings. The highest BCUT2D eigenvalue weighted by Crippen LogP contribution is 2.27. The van der Waals surface area contributed by atoms with Crippen LogP contribution in [0.25, 0.3) is 0 Å². The number of rotatable bonds is 5. The van der Waals surface area contributed by atoms with E-state index in [1.807, 2.05) is 0 Å². The molecule has 3 N–H and O–H groups in total. The van der Waals surface area contributed by atoms with Gasteiger partial charge >= 0.3 is 0 Å². The van der Waals surface area contributed by atoms with Gasteiger partial charge in [-0.25, -0.2) is 8.42 Å². The standard InChI is InChI=1S/C19H23N3O4S/c1-26-18-10-9-15(12-17(18)20)21-19(23)14-6-5-11-22(13-14)27(24,25)16-7-3-2-4-8-16/h2-4,7-10,12,14H,5-6,11,13,20H2,1H3,(H,21,23). The molecule has 1 atom stereocenters. The van der Waals surface area contributed by atoms with Gasteiger partial charge in [0.1, 0.15) is 5.75 Å². The van der Waals surface area contributed by atoms with Crippen LogP contribution in [0.1, 0.15) is 12.8 Å². The van der Waals surface area contributed by atoms with Gasteiger partial charge < -0.3 is 15.8 Å². The molecule has 3 rings (SSSR count). The first-order valence-corrected chi connectivity index (χ1v) is 10.2. The maximum atomic E-state index is 12.8. The minimum absolute atomic E-state index is 0.161. The number of benzene rings is 2. The molecular formula is C19H23N3O4S. The van der Waals surface area contributed by atoms with Crippen LogP contribution in [0.15, 0.2) is 53.4 Å². The second-order valence-electron chi connectivity index (χ2n) is 6.46. The third-order valence-electron chi connectivity index (χ3n) is 4.63. The predicted molar refractivity (Wildman–Crippen MR) is 104 cm³/mol. The van der Waals surface area contributed by atoms with Crippen molar-refractivity contribution in [2.24, 2.45) is 5.92 Å². The lowest BCUT2D eigenvalue weighted by molar-refractivity contribution is -0.120. The van der Waals surface area contributed by atoms with Crippen molar-refractivity contribution in [3.05, 3.63) is 48.5 Å². The molecule has 1 heterocycles. The van der Waals surface area contributed by atoms with Crippen LogP contribution in [-0.2, 0) is 14.8 Å². The number of nitrogen functional groups attached to an aromatic ring is 1. The number of nitrogens with two attached hydrogens (primary N) is 1. The number of ether oxygens (including phenoxy) is 1. The summed E-state index contributed by atoms with van der Waals surface area (Å²) in [4.78, 5) is 12.9. The van der Waals surface area contributed by atoms with Crippen LogP contribution in [0.2, 0.25) is 0 Å². The van der Waals surface area contributed by atoms with E-state index in [2.05, 4.69) is 5.32 Å². The molecule has 0 bridgehead atoms. The third kappa shape index (κ3) is 4.23. The molecule has 0 saturated carbocycles. The zero-order valence-electron chi connectivity index (χ0n) is 15.1. The highest BCUT2D eigenvalue weighted by molar-refractivity contribution is 7.89. The zero-order valence-corrected chi connectivity index (χ0v) is 15.9. The van der Waals surface area contributed by atoms with Gasteiger partial charge in [-0.3, -0.25) is 4.79 Å². The number of hydrogen-bond donors (Lipinski definition) is 2. The Hall–Kier alpha value is -2.58. The predicted octanol–water partition coefficient (Wildman–Crippen LogP) is 2.32. The van der Waals surface area contributed by atoms with E-state index >= 15 is 0 Å². The summed E-state index contributed by atoms with van der Waals surface area (Å²) >= 11 is 0. The highest BCUT2D eigenvalue weighted by Gasteiger charge is 2.33. The summed E-state index contributed by atoms with van der Waals surface area (Å²) in [5.41, 5.74) is 6.85. The second kappa shape index (κ2) is 7.98. The summed E-state index contributed by atoms with van der Waals surface area (Å²) in [5.74, 6) is -0.0983. The molecule has 27 heavy (non-hydrogen) atoms. The van der Waals surface area contributed by atoms with Crippen LogP contribution in [0, 0.1) is 5.92 Å². The summed E-state index contributed by atoms with van der Waals surface area (Å²) in [6.45, 7) is 0.575. The van der Waals surface area contributed by atoms with Crippen molar-refractivity contribution in [1.29, 1.82) is 0 Å². The van der Waals surface area contributed by atoms with E-state index in [1.54, 1.807) is 48.5 Å². The monoisotopic (exact) mass is 389 g/mol. The van der Waals surface area contributed by atoms with Crippen LogP contribution in [0.5, 0.6) is 5.75 Å². The normalized spacial score (nSPS) is 18.0. The van der Waals surface area contributed by atoms with E-state index in [9.17, 15) is 13.2 Å². The fourth-order valence-corrected chi connectivity index (χ4v) is 4.72. The van der Waals surface area contributed by atoms with Gasteiger partial charge in [0.2, 0.25) is 15.9 Å². The lowest BCUT2D eigenvalue weighted by atomic mass is 9.98. The third-order valence-corrected chi connectivity index (χ3v) is 6.51. The molecule has 0 aliphatic carbocycles. The van der Waals surface area contributed by atoms with Crippen molar-refractivity contribution in [2.75, 3.05) is 31.2 Å². The Morgan fingerprint density at radius 3 is 2.63 bits per heavy atom. The topological polar surface area (TPSA) is 102 Å². The van der Waals surface area contributed by atoms with E-state index in [-0.39, 0.29) is 17.3 Å². The van der Waals surface area contributed by atoms with E-state index in [0.717, 1.165) is 0 Å². The molecule has 1 aliphatic rings. The Labute approximate surface area is 159 Å². The molecule has 0 spiro atoms. The summed E-state index contributed by atoms with van der Waals surface area (Å²) in [6.07, 6.45) is 1.27. The number of sulfonamides is 1. The van der Waals surface area contributed by atoms with Crippen molar-refractivity contribution in [1.82, 2.24) is 4.31 Å². The first-order chi connectivity index (χ1) is 12.9. The van der Waals surface area contributed by atoms with E-state index in [0.29, 0.717) is 36.5 Å². The van der Waals surface area contributed by atoms with Gasteiger partial charge in [-0.05, 0) is 43.2 Å². The molecule has 1 unspecified atom stereocenters. The Morgan fingerprint density at radius 2 is 1.96 bits per heavy atom. The number of carbonyl (C=O) groups excluding carboxylic acids is 1. The molecule has 0 aromatic heterocycles. The molecular weight excluding hydrogens is 366 g/mol. The van der Waals surface area contributed by atoms with Crippen molar-refractivity contribution >= 4 is 27.3 Å². The molecule has 2 aromatic carbocycles. The SMILES string of the molecule is COc1ccc(NC(=O)C2CCCN(S(=O)(=O)c3ccccc3)C2)cc1N. The van der Waals surface area contributed by atoms with Gasteiger partial charge in [0.25, 0.3) is 0 Å². The summed E-state index contributed by atoms with van der Waals surface area (Å²) in [5, 5.41) is 2.82. The first-order valence-electron chi connectivity index (χ1n) is 8.71. The number of piperidine rings is 1. The Kier molecular flexibility index (Phi) is 5.67. The fraction of sp³-hybridized carbons (Fsp3) is 0.316. The van der Waals surface area contributed by atoms with Gasteiger partial charge in [-0.1, -0.05) is 18.2 Å². The molecule has 144 valence electrons. The van der Waals surface area contributed by atoms with Crippen LogP contribution in [-0.4, -0.2) is 38.8 Å². The lowest BCUT2D eigenvalue weighted by Gasteiger charge is -2.31. The summed E-state index contributed by atoms with van der Waals surface area (Å²) in [6, 6.07) is 13.3. The number of nitrogens with zero attached hydrogens (tertiary/aromatic N) is 1. The Balaban J connectivity index is 1.70. The van der Waals surface area contributed by atoms with E-state index in [4.69, 9.17) is 10.5 Å². The van der Waals surface area contributed by atoms with Crippen molar-refractivity contribution < 1.29 is 17.9 Å². The molecule has 1 saturated heterocycles. The van der Waals surface area contributed by atoms with Crippen LogP contribution >= 0.6 is 0 Å². The molecule has 7 nitrogen and oxygen atoms in total. The van der Waals surface area contributed by atoms with Gasteiger partial charge in [-0.15, -0.1) is 0 Å². The minimum atomic E-state index is -3.60. The average molecular weight is 389 g/mol.